The van der Waals surface area contributed by atoms with Crippen LogP contribution in [0.3, 0.4) is 0 Å². The van der Waals surface area contributed by atoms with Gasteiger partial charge in [-0.2, -0.15) is 0 Å². The first-order chi connectivity index (χ1) is 15.5. The molecule has 4 aromatic rings. The van der Waals surface area contributed by atoms with E-state index in [1.165, 1.54) is 28.9 Å². The molecule has 0 aliphatic rings. The first-order valence-electron chi connectivity index (χ1n) is 9.53. The Morgan fingerprint density at radius 2 is 1.97 bits per heavy atom. The lowest BCUT2D eigenvalue weighted by molar-refractivity contribution is -0.115. The average Bonchev–Trinajstić information content (AvgIpc) is 3.37. The summed E-state index contributed by atoms with van der Waals surface area (Å²) in [6.07, 6.45) is 0. The van der Waals surface area contributed by atoms with Gasteiger partial charge >= 0.3 is 0 Å². The van der Waals surface area contributed by atoms with E-state index in [0.717, 1.165) is 17.3 Å². The van der Waals surface area contributed by atoms with Crippen LogP contribution in [0, 0.1) is 12.7 Å². The lowest BCUT2D eigenvalue weighted by Crippen LogP contribution is -2.21. The van der Waals surface area contributed by atoms with Gasteiger partial charge in [0.1, 0.15) is 29.2 Å². The molecule has 0 saturated heterocycles. The van der Waals surface area contributed by atoms with E-state index in [4.69, 9.17) is 15.1 Å². The third kappa shape index (κ3) is 5.06. The molecule has 164 valence electrons. The van der Waals surface area contributed by atoms with Crippen LogP contribution in [-0.2, 0) is 11.4 Å². The normalized spacial score (nSPS) is 11.8. The Labute approximate surface area is 186 Å². The third-order valence-electron chi connectivity index (χ3n) is 4.36. The zero-order valence-electron chi connectivity index (χ0n) is 16.9. The van der Waals surface area contributed by atoms with Crippen LogP contribution in [0.2, 0.25) is 0 Å². The molecule has 1 amide bonds. The molecule has 0 radical (unpaired) electrons. The number of nitrogen functional groups attached to an aromatic ring is 1. The molecular formula is C21H19FN6O3S. The van der Waals surface area contributed by atoms with Crippen molar-refractivity contribution in [1.29, 1.82) is 0 Å². The Bertz CT molecular complexity index is 1200. The third-order valence-corrected chi connectivity index (χ3v) is 5.57. The van der Waals surface area contributed by atoms with Crippen molar-refractivity contribution in [2.45, 2.75) is 23.9 Å². The minimum absolute atomic E-state index is 0.0239. The maximum Gasteiger partial charge on any atom is 0.243 e. The number of aromatic nitrogens is 4. The minimum Gasteiger partial charge on any atom is -0.486 e. The number of hydrogen-bond donors (Lipinski definition) is 2. The van der Waals surface area contributed by atoms with Crippen molar-refractivity contribution < 1.29 is 18.4 Å². The van der Waals surface area contributed by atoms with Gasteiger partial charge in [-0.3, -0.25) is 4.79 Å². The molecule has 2 heterocycles. The standard InChI is InChI=1S/C21H19FN6O3S/c1-13-11-17(27-31-13)24-20(29)19(14-5-3-2-4-6-14)32-21-26-25-18(28(21)23)12-30-16-9-7-15(22)8-10-16/h2-11,19H,12,23H2,1H3,(H,24,27,29). The number of halogens is 1. The maximum atomic E-state index is 13.0. The predicted octanol–water partition coefficient (Wildman–Crippen LogP) is 3.48. The summed E-state index contributed by atoms with van der Waals surface area (Å²) in [6.45, 7) is 1.76. The number of aryl methyl sites for hydroxylation is 1. The number of nitrogens with two attached hydrogens (primary N) is 1. The number of thioether (sulfide) groups is 1. The van der Waals surface area contributed by atoms with Crippen LogP contribution in [0.25, 0.3) is 0 Å². The quantitative estimate of drug-likeness (QED) is 0.307. The highest BCUT2D eigenvalue weighted by molar-refractivity contribution is 8.00. The largest absolute Gasteiger partial charge is 0.486 e. The predicted molar refractivity (Wildman–Crippen MR) is 116 cm³/mol. The van der Waals surface area contributed by atoms with Crippen molar-refractivity contribution in [2.75, 3.05) is 11.2 Å². The van der Waals surface area contributed by atoms with Gasteiger partial charge in [-0.1, -0.05) is 47.3 Å². The SMILES string of the molecule is Cc1cc(NC(=O)C(Sc2nnc(COc3ccc(F)cc3)n2N)c2ccccc2)no1. The summed E-state index contributed by atoms with van der Waals surface area (Å²) in [4.78, 5) is 13.0. The number of ether oxygens (including phenoxy) is 1. The highest BCUT2D eigenvalue weighted by Crippen LogP contribution is 2.35. The zero-order valence-corrected chi connectivity index (χ0v) is 17.8. The first kappa shape index (κ1) is 21.4. The molecule has 2 aromatic carbocycles. The number of carbonyl (C=O) groups is 1. The Kier molecular flexibility index (Phi) is 6.36. The Hall–Kier alpha value is -3.86. The fourth-order valence-corrected chi connectivity index (χ4v) is 3.76. The molecule has 4 rings (SSSR count). The number of amides is 1. The van der Waals surface area contributed by atoms with Crippen LogP contribution in [0.4, 0.5) is 10.2 Å². The summed E-state index contributed by atoms with van der Waals surface area (Å²) in [5, 5.41) is 14.3. The van der Waals surface area contributed by atoms with Crippen molar-refractivity contribution in [1.82, 2.24) is 20.0 Å². The lowest BCUT2D eigenvalue weighted by Gasteiger charge is -2.15. The van der Waals surface area contributed by atoms with Crippen LogP contribution in [0.1, 0.15) is 22.4 Å². The fraction of sp³-hybridized carbons (Fsp3) is 0.143. The Morgan fingerprint density at radius 1 is 1.22 bits per heavy atom. The summed E-state index contributed by atoms with van der Waals surface area (Å²) in [7, 11) is 0. The lowest BCUT2D eigenvalue weighted by atomic mass is 10.1. The topological polar surface area (TPSA) is 121 Å². The fourth-order valence-electron chi connectivity index (χ4n) is 2.79. The number of nitrogens with zero attached hydrogens (tertiary/aromatic N) is 4. The molecule has 0 aliphatic heterocycles. The van der Waals surface area contributed by atoms with Gasteiger partial charge in [-0.15, -0.1) is 10.2 Å². The van der Waals surface area contributed by atoms with E-state index in [0.29, 0.717) is 28.3 Å². The Balaban J connectivity index is 1.50. The molecule has 11 heteroatoms. The van der Waals surface area contributed by atoms with Crippen molar-refractivity contribution in [2.24, 2.45) is 0 Å². The number of benzene rings is 2. The van der Waals surface area contributed by atoms with Gasteiger partial charge in [0.15, 0.2) is 11.6 Å². The molecule has 2 aromatic heterocycles. The van der Waals surface area contributed by atoms with Gasteiger partial charge in [-0.05, 0) is 36.8 Å². The van der Waals surface area contributed by atoms with Crippen LogP contribution < -0.4 is 15.9 Å². The molecule has 0 saturated carbocycles. The molecule has 0 bridgehead atoms. The van der Waals surface area contributed by atoms with Crippen LogP contribution in [0.5, 0.6) is 5.75 Å². The first-order valence-corrected chi connectivity index (χ1v) is 10.4. The van der Waals surface area contributed by atoms with E-state index in [-0.39, 0.29) is 18.3 Å². The van der Waals surface area contributed by atoms with Crippen LogP contribution in [0.15, 0.2) is 70.3 Å². The van der Waals surface area contributed by atoms with E-state index in [1.807, 2.05) is 30.3 Å². The highest BCUT2D eigenvalue weighted by atomic mass is 32.2. The van der Waals surface area contributed by atoms with E-state index >= 15 is 0 Å². The second kappa shape index (κ2) is 9.52. The van der Waals surface area contributed by atoms with Crippen LogP contribution in [-0.4, -0.2) is 25.9 Å². The second-order valence-electron chi connectivity index (χ2n) is 6.73. The van der Waals surface area contributed by atoms with E-state index in [1.54, 1.807) is 13.0 Å². The number of anilines is 1. The summed E-state index contributed by atoms with van der Waals surface area (Å²) in [5.41, 5.74) is 0.752. The van der Waals surface area contributed by atoms with Crippen molar-refractivity contribution in [3.05, 3.63) is 83.6 Å². The van der Waals surface area contributed by atoms with Crippen LogP contribution >= 0.6 is 11.8 Å². The number of rotatable bonds is 8. The van der Waals surface area contributed by atoms with Gasteiger partial charge in [0, 0.05) is 6.07 Å². The molecule has 0 spiro atoms. The molecule has 32 heavy (non-hydrogen) atoms. The van der Waals surface area contributed by atoms with Gasteiger partial charge in [0.2, 0.25) is 11.1 Å². The molecule has 1 atom stereocenters. The Morgan fingerprint density at radius 3 is 2.66 bits per heavy atom. The minimum atomic E-state index is -0.675. The van der Waals surface area contributed by atoms with Gasteiger partial charge in [-0.25, -0.2) is 9.07 Å². The number of carbonyl (C=O) groups excluding carboxylic acids is 1. The molecule has 3 N–H and O–H groups in total. The summed E-state index contributed by atoms with van der Waals surface area (Å²) < 4.78 is 24.9. The number of hydrogen-bond acceptors (Lipinski definition) is 8. The van der Waals surface area contributed by atoms with E-state index < -0.39 is 5.25 Å². The van der Waals surface area contributed by atoms with E-state index in [2.05, 4.69) is 20.7 Å². The summed E-state index contributed by atoms with van der Waals surface area (Å²) in [6, 6.07) is 16.4. The summed E-state index contributed by atoms with van der Waals surface area (Å²) >= 11 is 1.14. The zero-order chi connectivity index (χ0) is 22.5. The average molecular weight is 454 g/mol. The molecular weight excluding hydrogens is 435 g/mol. The van der Waals surface area contributed by atoms with Crippen molar-refractivity contribution >= 4 is 23.5 Å². The molecule has 9 nitrogen and oxygen atoms in total. The van der Waals surface area contributed by atoms with Crippen molar-refractivity contribution in [3.8, 4) is 5.75 Å². The smallest absolute Gasteiger partial charge is 0.243 e. The second-order valence-corrected chi connectivity index (χ2v) is 7.80. The van der Waals surface area contributed by atoms with Gasteiger partial charge in [0.05, 0.1) is 0 Å². The van der Waals surface area contributed by atoms with Gasteiger partial charge in [0.25, 0.3) is 0 Å². The van der Waals surface area contributed by atoms with E-state index in [9.17, 15) is 9.18 Å². The molecule has 1 unspecified atom stereocenters. The highest BCUT2D eigenvalue weighted by Gasteiger charge is 2.26. The number of nitrogens with one attached hydrogen (secondary N) is 1. The monoisotopic (exact) mass is 454 g/mol. The van der Waals surface area contributed by atoms with Gasteiger partial charge < -0.3 is 20.4 Å². The molecule has 0 aliphatic carbocycles. The maximum absolute atomic E-state index is 13.0. The summed E-state index contributed by atoms with van der Waals surface area (Å²) in [5.74, 6) is 7.18. The molecule has 0 fully saturated rings. The van der Waals surface area contributed by atoms with Crippen molar-refractivity contribution in [3.63, 3.8) is 0 Å².